The highest BCUT2D eigenvalue weighted by molar-refractivity contribution is 7.26. The number of nitrogens with zero attached hydrogens (tertiary/aromatic N) is 4. The van der Waals surface area contributed by atoms with Crippen LogP contribution in [0.15, 0.2) is 218 Å². The third-order valence-electron chi connectivity index (χ3n) is 13.0. The first kappa shape index (κ1) is 36.5. The first-order valence-corrected chi connectivity index (χ1v) is 22.5. The highest BCUT2D eigenvalue weighted by Crippen LogP contribution is 2.57. The summed E-state index contributed by atoms with van der Waals surface area (Å²) in [5.74, 6) is 1.89. The van der Waals surface area contributed by atoms with Crippen LogP contribution in [0.25, 0.3) is 98.4 Å². The molecule has 64 heavy (non-hydrogen) atoms. The molecule has 4 nitrogen and oxygen atoms in total. The summed E-state index contributed by atoms with van der Waals surface area (Å²) in [6.45, 7) is 0. The number of benzene rings is 9. The summed E-state index contributed by atoms with van der Waals surface area (Å²) < 4.78 is 2.34. The van der Waals surface area contributed by atoms with Crippen LogP contribution in [0.3, 0.4) is 0 Å². The Balaban J connectivity index is 1.15. The fourth-order valence-electron chi connectivity index (χ4n) is 10.2. The van der Waals surface area contributed by atoms with E-state index in [2.05, 4.69) is 182 Å². The first-order chi connectivity index (χ1) is 31.7. The van der Waals surface area contributed by atoms with Crippen molar-refractivity contribution < 1.29 is 0 Å². The summed E-state index contributed by atoms with van der Waals surface area (Å²) in [4.78, 5) is 21.3. The zero-order valence-electron chi connectivity index (χ0n) is 34.5. The Kier molecular flexibility index (Phi) is 8.27. The van der Waals surface area contributed by atoms with Crippen LogP contribution in [0, 0.1) is 0 Å². The van der Waals surface area contributed by atoms with Crippen LogP contribution in [0.2, 0.25) is 0 Å². The van der Waals surface area contributed by atoms with Crippen LogP contribution in [-0.4, -0.2) is 19.9 Å². The minimum absolute atomic E-state index is 0.550. The molecule has 298 valence electrons. The molecule has 3 aromatic heterocycles. The van der Waals surface area contributed by atoms with Gasteiger partial charge in [-0.1, -0.05) is 194 Å². The van der Waals surface area contributed by atoms with E-state index in [-0.39, 0.29) is 0 Å². The minimum Gasteiger partial charge on any atom is -0.247 e. The van der Waals surface area contributed by atoms with Gasteiger partial charge >= 0.3 is 0 Å². The van der Waals surface area contributed by atoms with Gasteiger partial charge in [0.15, 0.2) is 17.5 Å². The topological polar surface area (TPSA) is 51.6 Å². The molecular formula is C59H36N4S. The zero-order chi connectivity index (χ0) is 42.2. The van der Waals surface area contributed by atoms with E-state index in [4.69, 9.17) is 19.9 Å². The number of thiophene rings is 1. The summed E-state index contributed by atoms with van der Waals surface area (Å²) in [6.07, 6.45) is 0. The van der Waals surface area contributed by atoms with Crippen molar-refractivity contribution in [2.45, 2.75) is 5.41 Å². The molecule has 5 heteroatoms. The Bertz CT molecular complexity index is 3680. The predicted octanol–water partition coefficient (Wildman–Crippen LogP) is 15.0. The number of para-hydroxylation sites is 1. The summed E-state index contributed by atoms with van der Waals surface area (Å²) in [7, 11) is 0. The highest BCUT2D eigenvalue weighted by atomic mass is 32.1. The molecule has 3 heterocycles. The van der Waals surface area contributed by atoms with E-state index in [1.54, 1.807) is 11.3 Å². The molecule has 0 N–H and O–H groups in total. The molecule has 12 aromatic rings. The van der Waals surface area contributed by atoms with Crippen molar-refractivity contribution in [2.75, 3.05) is 0 Å². The lowest BCUT2D eigenvalue weighted by atomic mass is 9.67. The van der Waals surface area contributed by atoms with Crippen LogP contribution in [0.4, 0.5) is 0 Å². The smallest absolute Gasteiger partial charge is 0.165 e. The quantitative estimate of drug-likeness (QED) is 0.157. The van der Waals surface area contributed by atoms with E-state index < -0.39 is 5.41 Å². The molecule has 0 amide bonds. The van der Waals surface area contributed by atoms with Crippen molar-refractivity contribution in [3.8, 4) is 56.5 Å². The number of pyridine rings is 1. The van der Waals surface area contributed by atoms with Gasteiger partial charge in [-0.3, -0.25) is 0 Å². The minimum atomic E-state index is -0.550. The molecule has 13 rings (SSSR count). The van der Waals surface area contributed by atoms with Crippen LogP contribution in [0.1, 0.15) is 22.3 Å². The average molecular weight is 833 g/mol. The number of aromatic nitrogens is 4. The van der Waals surface area contributed by atoms with Gasteiger partial charge in [0.2, 0.25) is 0 Å². The summed E-state index contributed by atoms with van der Waals surface area (Å²) in [5, 5.41) is 5.73. The Morgan fingerprint density at radius 1 is 0.344 bits per heavy atom. The molecule has 0 spiro atoms. The standard InChI is InChI=1S/C59H36N4S/c1-5-19-37(20-6-1)56-61-57(38-21-7-2-8-22-38)63-58(62-56)47-36-46-52(53-45-29-15-18-32-51(45)64-55(47)53)44-28-14-17-31-50(44)60-54(46)39-33-34-43-42-27-13-16-30-48(42)59(49(43)35-39,40-23-9-3-10-24-40)41-25-11-4-12-26-41/h1-36H. The lowest BCUT2D eigenvalue weighted by Gasteiger charge is -2.34. The van der Waals surface area contributed by atoms with Crippen molar-refractivity contribution in [2.24, 2.45) is 0 Å². The van der Waals surface area contributed by atoms with Crippen LogP contribution in [-0.2, 0) is 5.41 Å². The summed E-state index contributed by atoms with van der Waals surface area (Å²) in [5.41, 5.74) is 12.7. The van der Waals surface area contributed by atoms with Crippen molar-refractivity contribution in [3.05, 3.63) is 241 Å². The fourth-order valence-corrected chi connectivity index (χ4v) is 11.5. The van der Waals surface area contributed by atoms with E-state index in [1.165, 1.54) is 54.2 Å². The van der Waals surface area contributed by atoms with E-state index in [0.717, 1.165) is 48.9 Å². The number of fused-ring (bicyclic) bond motifs is 10. The van der Waals surface area contributed by atoms with Gasteiger partial charge in [-0.15, -0.1) is 11.3 Å². The third kappa shape index (κ3) is 5.48. The molecule has 0 fully saturated rings. The van der Waals surface area contributed by atoms with E-state index >= 15 is 0 Å². The number of rotatable bonds is 6. The number of hydrogen-bond acceptors (Lipinski definition) is 5. The van der Waals surface area contributed by atoms with Crippen molar-refractivity contribution in [1.82, 2.24) is 19.9 Å². The van der Waals surface area contributed by atoms with Crippen LogP contribution < -0.4 is 0 Å². The van der Waals surface area contributed by atoms with Gasteiger partial charge in [-0.25, -0.2) is 19.9 Å². The number of hydrogen-bond donors (Lipinski definition) is 0. The van der Waals surface area contributed by atoms with Gasteiger partial charge in [0.05, 0.1) is 16.6 Å². The van der Waals surface area contributed by atoms with E-state index in [0.29, 0.717) is 17.5 Å². The maximum Gasteiger partial charge on any atom is 0.165 e. The molecule has 9 aromatic carbocycles. The Hall–Kier alpha value is -8.12. The lowest BCUT2D eigenvalue weighted by molar-refractivity contribution is 0.769. The monoisotopic (exact) mass is 832 g/mol. The van der Waals surface area contributed by atoms with Gasteiger partial charge in [-0.05, 0) is 57.6 Å². The maximum atomic E-state index is 5.63. The zero-order valence-corrected chi connectivity index (χ0v) is 35.3. The van der Waals surface area contributed by atoms with Crippen molar-refractivity contribution >= 4 is 53.2 Å². The summed E-state index contributed by atoms with van der Waals surface area (Å²) >= 11 is 1.79. The molecule has 1 aliphatic carbocycles. The molecule has 1 aliphatic rings. The first-order valence-electron chi connectivity index (χ1n) is 21.6. The Labute approximate surface area is 373 Å². The largest absolute Gasteiger partial charge is 0.247 e. The molecule has 0 saturated carbocycles. The molecule has 0 saturated heterocycles. The predicted molar refractivity (Wildman–Crippen MR) is 265 cm³/mol. The molecule has 0 aliphatic heterocycles. The van der Waals surface area contributed by atoms with Crippen LogP contribution >= 0.6 is 11.3 Å². The van der Waals surface area contributed by atoms with Gasteiger partial charge in [0.25, 0.3) is 0 Å². The second-order valence-electron chi connectivity index (χ2n) is 16.5. The molecule has 0 bridgehead atoms. The van der Waals surface area contributed by atoms with Crippen molar-refractivity contribution in [1.29, 1.82) is 0 Å². The van der Waals surface area contributed by atoms with Crippen molar-refractivity contribution in [3.63, 3.8) is 0 Å². The average Bonchev–Trinajstić information content (AvgIpc) is 3.91. The van der Waals surface area contributed by atoms with Gasteiger partial charge in [-0.2, -0.15) is 0 Å². The summed E-state index contributed by atoms with van der Waals surface area (Å²) in [6, 6.07) is 78.0. The molecule has 0 atom stereocenters. The molecular weight excluding hydrogens is 797 g/mol. The van der Waals surface area contributed by atoms with Gasteiger partial charge < -0.3 is 0 Å². The maximum absolute atomic E-state index is 5.63. The second kappa shape index (κ2) is 14.5. The SMILES string of the molecule is c1ccc(-c2nc(-c3ccccc3)nc(-c3cc4c(-c5ccc6c(c5)C(c5ccccc5)(c5ccccc5)c5ccccc5-6)nc5ccccc5c4c4c3sc3ccccc34)n2)cc1. The second-order valence-corrected chi connectivity index (χ2v) is 17.5. The fraction of sp³-hybridized carbons (Fsp3) is 0.0169. The Morgan fingerprint density at radius 3 is 1.58 bits per heavy atom. The van der Waals surface area contributed by atoms with E-state index in [9.17, 15) is 0 Å². The Morgan fingerprint density at radius 2 is 0.891 bits per heavy atom. The third-order valence-corrected chi connectivity index (χ3v) is 14.2. The normalized spacial score (nSPS) is 12.8. The molecule has 0 radical (unpaired) electrons. The van der Waals surface area contributed by atoms with Crippen LogP contribution in [0.5, 0.6) is 0 Å². The van der Waals surface area contributed by atoms with Gasteiger partial charge in [0.1, 0.15) is 0 Å². The lowest BCUT2D eigenvalue weighted by Crippen LogP contribution is -2.28. The highest BCUT2D eigenvalue weighted by Gasteiger charge is 2.46. The molecule has 0 unspecified atom stereocenters. The van der Waals surface area contributed by atoms with E-state index in [1.807, 2.05) is 36.4 Å². The van der Waals surface area contributed by atoms with Gasteiger partial charge in [0, 0.05) is 58.6 Å².